The van der Waals surface area contributed by atoms with Gasteiger partial charge in [0.05, 0.1) is 5.56 Å². The number of hydrogen-bond acceptors (Lipinski definition) is 3. The number of nitriles is 1. The van der Waals surface area contributed by atoms with Gasteiger partial charge in [0.15, 0.2) is 0 Å². The Morgan fingerprint density at radius 1 is 1.58 bits per heavy atom. The molecule has 0 saturated carbocycles. The average Bonchev–Trinajstić information content (AvgIpc) is 2.50. The highest BCUT2D eigenvalue weighted by Crippen LogP contribution is 2.26. The smallest absolute Gasteiger partial charge is 0.268 e. The molecule has 0 aliphatic carbocycles. The number of aliphatic hydroxyl groups is 1. The van der Waals surface area contributed by atoms with Crippen molar-refractivity contribution in [2.24, 2.45) is 0 Å². The number of halogens is 2. The third kappa shape index (κ3) is 1.78. The van der Waals surface area contributed by atoms with E-state index in [2.05, 4.69) is 0 Å². The molecule has 0 aliphatic rings. The van der Waals surface area contributed by atoms with Gasteiger partial charge in [0.2, 0.25) is 0 Å². The molecule has 64 valence electrons. The largest absolute Gasteiger partial charge is 0.382 e. The van der Waals surface area contributed by atoms with Crippen molar-refractivity contribution in [3.8, 4) is 6.07 Å². The molecule has 0 aromatic carbocycles. The maximum absolute atomic E-state index is 11.9. The molecule has 2 nitrogen and oxygen atoms in total. The van der Waals surface area contributed by atoms with Crippen molar-refractivity contribution in [1.82, 2.24) is 0 Å². The molecule has 0 saturated heterocycles. The van der Waals surface area contributed by atoms with Crippen LogP contribution in [0.15, 0.2) is 11.4 Å². The highest BCUT2D eigenvalue weighted by atomic mass is 32.1. The normalized spacial score (nSPS) is 12.9. The summed E-state index contributed by atoms with van der Waals surface area (Å²) < 4.78 is 23.8. The van der Waals surface area contributed by atoms with Gasteiger partial charge in [0, 0.05) is 10.3 Å². The van der Waals surface area contributed by atoms with Crippen LogP contribution in [0.25, 0.3) is 0 Å². The van der Waals surface area contributed by atoms with Crippen LogP contribution < -0.4 is 0 Å². The summed E-state index contributed by atoms with van der Waals surface area (Å²) in [5.74, 6) is 0. The minimum atomic E-state index is -2.80. The van der Waals surface area contributed by atoms with Crippen LogP contribution in [0.4, 0.5) is 8.78 Å². The zero-order valence-corrected chi connectivity index (χ0v) is 6.68. The Bertz CT molecular complexity index is 305. The Morgan fingerprint density at radius 2 is 2.25 bits per heavy atom. The van der Waals surface area contributed by atoms with Gasteiger partial charge >= 0.3 is 0 Å². The molecule has 0 spiro atoms. The summed E-state index contributed by atoms with van der Waals surface area (Å²) in [6, 6.07) is 3.06. The molecule has 0 aliphatic heterocycles. The van der Waals surface area contributed by atoms with E-state index in [1.807, 2.05) is 0 Å². The number of thiophene rings is 1. The van der Waals surface area contributed by atoms with E-state index in [0.717, 1.165) is 11.3 Å². The Labute approximate surface area is 71.7 Å². The lowest BCUT2D eigenvalue weighted by Gasteiger charge is -2.04. The van der Waals surface area contributed by atoms with Crippen LogP contribution in [0, 0.1) is 11.3 Å². The first-order valence-corrected chi connectivity index (χ1v) is 3.98. The molecule has 1 rings (SSSR count). The van der Waals surface area contributed by atoms with E-state index in [1.54, 1.807) is 6.07 Å². The van der Waals surface area contributed by atoms with Gasteiger partial charge in [-0.25, -0.2) is 8.78 Å². The number of nitrogens with zero attached hydrogens (tertiary/aromatic N) is 1. The predicted octanol–water partition coefficient (Wildman–Crippen LogP) is 1.92. The van der Waals surface area contributed by atoms with Crippen molar-refractivity contribution >= 4 is 11.3 Å². The lowest BCUT2D eigenvalue weighted by molar-refractivity contribution is -0.00370. The van der Waals surface area contributed by atoms with Crippen LogP contribution in [-0.4, -0.2) is 11.5 Å². The van der Waals surface area contributed by atoms with Crippen molar-refractivity contribution in [3.63, 3.8) is 0 Å². The third-order valence-electron chi connectivity index (χ3n) is 1.28. The maximum Gasteiger partial charge on any atom is 0.268 e. The van der Waals surface area contributed by atoms with Gasteiger partial charge in [-0.1, -0.05) is 0 Å². The fourth-order valence-electron chi connectivity index (χ4n) is 0.691. The van der Waals surface area contributed by atoms with Crippen LogP contribution in [0.1, 0.15) is 16.5 Å². The van der Waals surface area contributed by atoms with Gasteiger partial charge in [-0.2, -0.15) is 5.26 Å². The van der Waals surface area contributed by atoms with Crippen LogP contribution in [0.2, 0.25) is 0 Å². The van der Waals surface area contributed by atoms with E-state index in [0.29, 0.717) is 5.56 Å². The molecular formula is C7H5F2NOS. The van der Waals surface area contributed by atoms with Crippen molar-refractivity contribution in [1.29, 1.82) is 5.26 Å². The zero-order chi connectivity index (χ0) is 9.14. The first-order valence-electron chi connectivity index (χ1n) is 3.10. The Hall–Kier alpha value is -0.990. The summed E-state index contributed by atoms with van der Waals surface area (Å²) in [7, 11) is 0. The number of rotatable bonds is 2. The summed E-state index contributed by atoms with van der Waals surface area (Å²) >= 11 is 0.958. The second kappa shape index (κ2) is 3.61. The van der Waals surface area contributed by atoms with E-state index in [-0.39, 0.29) is 4.88 Å². The average molecular weight is 189 g/mol. The van der Waals surface area contributed by atoms with E-state index >= 15 is 0 Å². The van der Waals surface area contributed by atoms with Crippen molar-refractivity contribution < 1.29 is 13.9 Å². The third-order valence-corrected chi connectivity index (χ3v) is 2.28. The second-order valence-electron chi connectivity index (χ2n) is 2.13. The monoisotopic (exact) mass is 189 g/mol. The molecule has 1 N–H and O–H groups in total. The lowest BCUT2D eigenvalue weighted by Crippen LogP contribution is -2.05. The quantitative estimate of drug-likeness (QED) is 0.772. The summed E-state index contributed by atoms with van der Waals surface area (Å²) in [4.78, 5) is 0.126. The second-order valence-corrected chi connectivity index (χ2v) is 3.07. The lowest BCUT2D eigenvalue weighted by atomic mass is 10.2. The standard InChI is InChI=1S/C7H5F2NOS/c8-7(9)6(11)5-1-4(2-10)3-12-5/h1,3,6-7,11H. The van der Waals surface area contributed by atoms with Crippen LogP contribution in [-0.2, 0) is 0 Å². The van der Waals surface area contributed by atoms with Crippen LogP contribution in [0.3, 0.4) is 0 Å². The molecular weight excluding hydrogens is 184 g/mol. The Kier molecular flexibility index (Phi) is 2.74. The van der Waals surface area contributed by atoms with E-state index in [1.165, 1.54) is 11.4 Å². The minimum Gasteiger partial charge on any atom is -0.382 e. The van der Waals surface area contributed by atoms with E-state index < -0.39 is 12.5 Å². The molecule has 1 aromatic rings. The molecule has 12 heavy (non-hydrogen) atoms. The fraction of sp³-hybridized carbons (Fsp3) is 0.286. The molecule has 5 heteroatoms. The van der Waals surface area contributed by atoms with Gasteiger partial charge in [-0.3, -0.25) is 0 Å². The topological polar surface area (TPSA) is 44.0 Å². The molecule has 0 bridgehead atoms. The van der Waals surface area contributed by atoms with E-state index in [4.69, 9.17) is 10.4 Å². The van der Waals surface area contributed by atoms with Crippen LogP contribution >= 0.6 is 11.3 Å². The van der Waals surface area contributed by atoms with Gasteiger partial charge in [-0.05, 0) is 6.07 Å². The summed E-state index contributed by atoms with van der Waals surface area (Å²) in [6.45, 7) is 0. The number of alkyl halides is 2. The minimum absolute atomic E-state index is 0.126. The molecule has 0 radical (unpaired) electrons. The molecule has 0 amide bonds. The predicted molar refractivity (Wildman–Crippen MR) is 40.0 cm³/mol. The number of hydrogen-bond donors (Lipinski definition) is 1. The highest BCUT2D eigenvalue weighted by molar-refractivity contribution is 7.10. The Morgan fingerprint density at radius 3 is 2.67 bits per heavy atom. The van der Waals surface area contributed by atoms with E-state index in [9.17, 15) is 8.78 Å². The molecule has 1 unspecified atom stereocenters. The zero-order valence-electron chi connectivity index (χ0n) is 5.87. The summed E-state index contributed by atoms with van der Waals surface area (Å²) in [5.41, 5.74) is 0.301. The first-order chi connectivity index (χ1) is 5.65. The fourth-order valence-corrected chi connectivity index (χ4v) is 1.51. The van der Waals surface area contributed by atoms with Crippen LogP contribution in [0.5, 0.6) is 0 Å². The molecule has 1 heterocycles. The Balaban J connectivity index is 2.83. The highest BCUT2D eigenvalue weighted by Gasteiger charge is 2.20. The van der Waals surface area contributed by atoms with Crippen molar-refractivity contribution in [2.75, 3.05) is 0 Å². The molecule has 1 aromatic heterocycles. The van der Waals surface area contributed by atoms with Crippen molar-refractivity contribution in [2.45, 2.75) is 12.5 Å². The van der Waals surface area contributed by atoms with Gasteiger partial charge in [0.1, 0.15) is 12.2 Å². The van der Waals surface area contributed by atoms with Gasteiger partial charge in [0.25, 0.3) is 6.43 Å². The molecule has 0 fully saturated rings. The summed E-state index contributed by atoms with van der Waals surface area (Å²) in [6.07, 6.45) is -4.56. The maximum atomic E-state index is 11.9. The van der Waals surface area contributed by atoms with Gasteiger partial charge < -0.3 is 5.11 Å². The summed E-state index contributed by atoms with van der Waals surface area (Å²) in [5, 5.41) is 18.6. The number of aliphatic hydroxyl groups excluding tert-OH is 1. The first kappa shape index (κ1) is 9.10. The SMILES string of the molecule is N#Cc1csc(C(O)C(F)F)c1. The van der Waals surface area contributed by atoms with Gasteiger partial charge in [-0.15, -0.1) is 11.3 Å². The molecule has 1 atom stereocenters. The van der Waals surface area contributed by atoms with Crippen molar-refractivity contribution in [3.05, 3.63) is 21.9 Å².